The first-order valence-electron chi connectivity index (χ1n) is 5.54. The number of hydrogen-bond acceptors (Lipinski definition) is 2. The Bertz CT molecular complexity index is 344. The van der Waals surface area contributed by atoms with E-state index in [1.54, 1.807) is 6.07 Å². The van der Waals surface area contributed by atoms with E-state index in [0.717, 1.165) is 24.8 Å². The van der Waals surface area contributed by atoms with Crippen molar-refractivity contribution in [1.29, 1.82) is 0 Å². The van der Waals surface area contributed by atoms with Gasteiger partial charge < -0.3 is 10.5 Å². The van der Waals surface area contributed by atoms with Gasteiger partial charge in [-0.25, -0.2) is 4.39 Å². The number of methoxy groups -OCH3 is 1. The monoisotopic (exact) mass is 225 g/mol. The van der Waals surface area contributed by atoms with Crippen LogP contribution in [-0.4, -0.2) is 12.6 Å². The summed E-state index contributed by atoms with van der Waals surface area (Å²) in [6, 6.07) is 5.09. The van der Waals surface area contributed by atoms with Gasteiger partial charge in [0.2, 0.25) is 0 Å². The predicted octanol–water partition coefficient (Wildman–Crippen LogP) is 2.89. The normalized spacial score (nSPS) is 11.6. The SMILES string of the molecule is COc1ccc(CCCC(C)(C)N)cc1F. The highest BCUT2D eigenvalue weighted by Gasteiger charge is 2.10. The molecule has 90 valence electrons. The van der Waals surface area contributed by atoms with Crippen molar-refractivity contribution in [3.8, 4) is 5.75 Å². The summed E-state index contributed by atoms with van der Waals surface area (Å²) in [4.78, 5) is 0. The highest BCUT2D eigenvalue weighted by atomic mass is 19.1. The number of hydrogen-bond donors (Lipinski definition) is 1. The Morgan fingerprint density at radius 2 is 2.06 bits per heavy atom. The van der Waals surface area contributed by atoms with Gasteiger partial charge in [-0.05, 0) is 50.8 Å². The molecule has 16 heavy (non-hydrogen) atoms. The molecule has 0 aromatic heterocycles. The van der Waals surface area contributed by atoms with Crippen molar-refractivity contribution in [3.63, 3.8) is 0 Å². The van der Waals surface area contributed by atoms with Gasteiger partial charge in [0.25, 0.3) is 0 Å². The average molecular weight is 225 g/mol. The van der Waals surface area contributed by atoms with Crippen LogP contribution in [0.4, 0.5) is 4.39 Å². The topological polar surface area (TPSA) is 35.2 Å². The molecule has 0 unspecified atom stereocenters. The van der Waals surface area contributed by atoms with Gasteiger partial charge >= 0.3 is 0 Å². The molecule has 0 bridgehead atoms. The van der Waals surface area contributed by atoms with Gasteiger partial charge in [-0.15, -0.1) is 0 Å². The van der Waals surface area contributed by atoms with Crippen LogP contribution in [-0.2, 0) is 6.42 Å². The van der Waals surface area contributed by atoms with Crippen molar-refractivity contribution in [2.24, 2.45) is 5.73 Å². The Hall–Kier alpha value is -1.09. The Morgan fingerprint density at radius 3 is 2.56 bits per heavy atom. The molecule has 0 aliphatic rings. The van der Waals surface area contributed by atoms with E-state index in [1.807, 2.05) is 19.9 Å². The molecule has 0 heterocycles. The van der Waals surface area contributed by atoms with Gasteiger partial charge in [0.05, 0.1) is 7.11 Å². The van der Waals surface area contributed by atoms with Crippen molar-refractivity contribution in [1.82, 2.24) is 0 Å². The van der Waals surface area contributed by atoms with Crippen molar-refractivity contribution >= 4 is 0 Å². The van der Waals surface area contributed by atoms with Gasteiger partial charge in [0.15, 0.2) is 11.6 Å². The predicted molar refractivity (Wildman–Crippen MR) is 64.2 cm³/mol. The molecule has 0 atom stereocenters. The number of ether oxygens (including phenoxy) is 1. The summed E-state index contributed by atoms with van der Waals surface area (Å²) in [6.45, 7) is 4.00. The quantitative estimate of drug-likeness (QED) is 0.836. The molecule has 0 amide bonds. The number of halogens is 1. The van der Waals surface area contributed by atoms with Crippen LogP contribution in [0, 0.1) is 5.82 Å². The molecule has 3 heteroatoms. The van der Waals surface area contributed by atoms with Gasteiger partial charge in [0.1, 0.15) is 0 Å². The molecule has 1 aromatic carbocycles. The van der Waals surface area contributed by atoms with E-state index in [9.17, 15) is 4.39 Å². The van der Waals surface area contributed by atoms with Crippen LogP contribution >= 0.6 is 0 Å². The van der Waals surface area contributed by atoms with Crippen LogP contribution in [0.2, 0.25) is 0 Å². The summed E-state index contributed by atoms with van der Waals surface area (Å²) in [5, 5.41) is 0. The molecule has 2 N–H and O–H groups in total. The third kappa shape index (κ3) is 4.19. The van der Waals surface area contributed by atoms with Gasteiger partial charge in [-0.1, -0.05) is 6.07 Å². The fourth-order valence-electron chi connectivity index (χ4n) is 1.61. The molecule has 0 spiro atoms. The van der Waals surface area contributed by atoms with E-state index in [4.69, 9.17) is 10.5 Å². The van der Waals surface area contributed by atoms with Crippen LogP contribution in [0.1, 0.15) is 32.3 Å². The van der Waals surface area contributed by atoms with Crippen LogP contribution < -0.4 is 10.5 Å². The molecule has 1 rings (SSSR count). The summed E-state index contributed by atoms with van der Waals surface area (Å²) in [5.41, 5.74) is 6.72. The molecule has 2 nitrogen and oxygen atoms in total. The molecule has 1 aromatic rings. The fraction of sp³-hybridized carbons (Fsp3) is 0.538. The number of aryl methyl sites for hydroxylation is 1. The highest BCUT2D eigenvalue weighted by Crippen LogP contribution is 2.19. The van der Waals surface area contributed by atoms with Crippen molar-refractivity contribution in [2.75, 3.05) is 7.11 Å². The number of rotatable bonds is 5. The first kappa shape index (κ1) is 13.0. The summed E-state index contributed by atoms with van der Waals surface area (Å²) < 4.78 is 18.2. The minimum Gasteiger partial charge on any atom is -0.494 e. The molecule has 0 radical (unpaired) electrons. The van der Waals surface area contributed by atoms with Crippen molar-refractivity contribution < 1.29 is 9.13 Å². The number of benzene rings is 1. The molecular formula is C13H20FNO. The maximum absolute atomic E-state index is 13.4. The van der Waals surface area contributed by atoms with E-state index >= 15 is 0 Å². The zero-order valence-electron chi connectivity index (χ0n) is 10.2. The largest absolute Gasteiger partial charge is 0.494 e. The lowest BCUT2D eigenvalue weighted by Gasteiger charge is -2.17. The number of nitrogens with two attached hydrogens (primary N) is 1. The molecule has 0 fully saturated rings. The second-order valence-corrected chi connectivity index (χ2v) is 4.81. The summed E-state index contributed by atoms with van der Waals surface area (Å²) in [6.07, 6.45) is 2.75. The van der Waals surface area contributed by atoms with E-state index < -0.39 is 0 Å². The van der Waals surface area contributed by atoms with Gasteiger partial charge in [-0.2, -0.15) is 0 Å². The smallest absolute Gasteiger partial charge is 0.165 e. The summed E-state index contributed by atoms with van der Waals surface area (Å²) in [7, 11) is 1.47. The minimum absolute atomic E-state index is 0.148. The molecule has 0 aliphatic carbocycles. The highest BCUT2D eigenvalue weighted by molar-refractivity contribution is 5.29. The maximum Gasteiger partial charge on any atom is 0.165 e. The second-order valence-electron chi connectivity index (χ2n) is 4.81. The van der Waals surface area contributed by atoms with Gasteiger partial charge in [0, 0.05) is 5.54 Å². The average Bonchev–Trinajstić information content (AvgIpc) is 2.16. The molecule has 0 aliphatic heterocycles. The Labute approximate surface area is 96.6 Å². The standard InChI is InChI=1S/C13H20FNO/c1-13(2,15)8-4-5-10-6-7-12(16-3)11(14)9-10/h6-7,9H,4-5,8,15H2,1-3H3. The molecule has 0 saturated heterocycles. The lowest BCUT2D eigenvalue weighted by Crippen LogP contribution is -2.31. The first-order valence-corrected chi connectivity index (χ1v) is 5.54. The van der Waals surface area contributed by atoms with Crippen LogP contribution in [0.25, 0.3) is 0 Å². The first-order chi connectivity index (χ1) is 7.42. The van der Waals surface area contributed by atoms with Crippen LogP contribution in [0.5, 0.6) is 5.75 Å². The van der Waals surface area contributed by atoms with E-state index in [0.29, 0.717) is 5.75 Å². The lowest BCUT2D eigenvalue weighted by atomic mass is 9.97. The Kier molecular flexibility index (Phi) is 4.30. The zero-order chi connectivity index (χ0) is 12.2. The minimum atomic E-state index is -0.299. The summed E-state index contributed by atoms with van der Waals surface area (Å²) >= 11 is 0. The lowest BCUT2D eigenvalue weighted by molar-refractivity contribution is 0.386. The van der Waals surface area contributed by atoms with E-state index in [-0.39, 0.29) is 11.4 Å². The molecular weight excluding hydrogens is 205 g/mol. The second kappa shape index (κ2) is 5.30. The fourth-order valence-corrected chi connectivity index (χ4v) is 1.61. The van der Waals surface area contributed by atoms with E-state index in [1.165, 1.54) is 13.2 Å². The van der Waals surface area contributed by atoms with Crippen LogP contribution in [0.3, 0.4) is 0 Å². The van der Waals surface area contributed by atoms with Crippen LogP contribution in [0.15, 0.2) is 18.2 Å². The Morgan fingerprint density at radius 1 is 1.38 bits per heavy atom. The van der Waals surface area contributed by atoms with E-state index in [2.05, 4.69) is 0 Å². The van der Waals surface area contributed by atoms with Crippen molar-refractivity contribution in [2.45, 2.75) is 38.6 Å². The summed E-state index contributed by atoms with van der Waals surface area (Å²) in [5.74, 6) is -0.00471. The third-order valence-corrected chi connectivity index (χ3v) is 2.50. The van der Waals surface area contributed by atoms with Gasteiger partial charge in [-0.3, -0.25) is 0 Å². The Balaban J connectivity index is 2.52. The molecule has 0 saturated carbocycles. The van der Waals surface area contributed by atoms with Crippen molar-refractivity contribution in [3.05, 3.63) is 29.6 Å². The zero-order valence-corrected chi connectivity index (χ0v) is 10.2. The third-order valence-electron chi connectivity index (χ3n) is 2.50. The maximum atomic E-state index is 13.4.